The summed E-state index contributed by atoms with van der Waals surface area (Å²) in [6.45, 7) is 3.97. The van der Waals surface area contributed by atoms with Crippen molar-refractivity contribution in [1.29, 1.82) is 0 Å². The van der Waals surface area contributed by atoms with Gasteiger partial charge in [0, 0.05) is 38.4 Å². The fraction of sp³-hybridized carbons (Fsp3) is 0.500. The molecule has 2 aliphatic heterocycles. The summed E-state index contributed by atoms with van der Waals surface area (Å²) < 4.78 is 38.2. The van der Waals surface area contributed by atoms with Gasteiger partial charge >= 0.3 is 6.18 Å². The molecule has 3 heterocycles. The fourth-order valence-corrected chi connectivity index (χ4v) is 4.57. The molecule has 8 heteroatoms. The van der Waals surface area contributed by atoms with Crippen molar-refractivity contribution < 1.29 is 18.0 Å². The van der Waals surface area contributed by atoms with Crippen LogP contribution in [0.4, 0.5) is 19.0 Å². The Balaban J connectivity index is 1.24. The van der Waals surface area contributed by atoms with Gasteiger partial charge in [0.2, 0.25) is 5.91 Å². The van der Waals surface area contributed by atoms with Crippen molar-refractivity contribution in [2.75, 3.05) is 31.1 Å². The van der Waals surface area contributed by atoms with Gasteiger partial charge in [-0.05, 0) is 49.9 Å². The van der Waals surface area contributed by atoms with Crippen LogP contribution in [-0.2, 0) is 17.5 Å². The Morgan fingerprint density at radius 3 is 2.44 bits per heavy atom. The zero-order valence-electron chi connectivity index (χ0n) is 18.0. The van der Waals surface area contributed by atoms with E-state index in [9.17, 15) is 18.0 Å². The van der Waals surface area contributed by atoms with Crippen molar-refractivity contribution in [3.05, 3.63) is 59.8 Å². The summed E-state index contributed by atoms with van der Waals surface area (Å²) in [4.78, 5) is 21.2. The highest BCUT2D eigenvalue weighted by Gasteiger charge is 2.32. The van der Waals surface area contributed by atoms with Crippen LogP contribution in [0.25, 0.3) is 0 Å². The number of pyridine rings is 1. The van der Waals surface area contributed by atoms with Crippen molar-refractivity contribution >= 4 is 11.7 Å². The number of halogens is 3. The van der Waals surface area contributed by atoms with Crippen LogP contribution in [0.2, 0.25) is 0 Å². The van der Waals surface area contributed by atoms with E-state index in [1.54, 1.807) is 0 Å². The molecule has 1 amide bonds. The minimum absolute atomic E-state index is 0.00192. The molecule has 0 unspecified atom stereocenters. The number of nitrogens with one attached hydrogen (secondary N) is 1. The monoisotopic (exact) mass is 446 g/mol. The number of anilines is 1. The topological polar surface area (TPSA) is 48.5 Å². The number of likely N-dealkylation sites (tertiary alicyclic amines) is 1. The Morgan fingerprint density at radius 2 is 1.78 bits per heavy atom. The first-order valence-electron chi connectivity index (χ1n) is 11.2. The highest BCUT2D eigenvalue weighted by atomic mass is 19.4. The van der Waals surface area contributed by atoms with Crippen LogP contribution in [0.15, 0.2) is 48.7 Å². The molecule has 5 nitrogen and oxygen atoms in total. The second-order valence-corrected chi connectivity index (χ2v) is 8.73. The van der Waals surface area contributed by atoms with Gasteiger partial charge in [0.05, 0.1) is 11.5 Å². The minimum Gasteiger partial charge on any atom is -0.356 e. The number of carbonyl (C=O) groups is 1. The molecule has 0 bridgehead atoms. The van der Waals surface area contributed by atoms with Crippen molar-refractivity contribution in [2.24, 2.45) is 5.92 Å². The lowest BCUT2D eigenvalue weighted by Crippen LogP contribution is -2.49. The van der Waals surface area contributed by atoms with Crippen LogP contribution in [0, 0.1) is 5.92 Å². The first-order valence-corrected chi connectivity index (χ1v) is 11.2. The van der Waals surface area contributed by atoms with E-state index >= 15 is 0 Å². The van der Waals surface area contributed by atoms with Gasteiger partial charge in [-0.15, -0.1) is 0 Å². The molecule has 0 spiro atoms. The third-order valence-corrected chi connectivity index (χ3v) is 6.37. The SMILES string of the molecule is O=C(NC1CCN(c2ccc(C(F)(F)F)cn2)CC1)[C@H]1CCCN(Cc2ccccc2)C1. The molecule has 2 saturated heterocycles. The third kappa shape index (κ3) is 5.79. The van der Waals surface area contributed by atoms with Gasteiger partial charge in [-0.25, -0.2) is 4.98 Å². The van der Waals surface area contributed by atoms with Crippen LogP contribution >= 0.6 is 0 Å². The minimum atomic E-state index is -4.38. The summed E-state index contributed by atoms with van der Waals surface area (Å²) in [6.07, 6.45) is -0.0513. The second-order valence-electron chi connectivity index (χ2n) is 8.73. The lowest BCUT2D eigenvalue weighted by Gasteiger charge is -2.36. The van der Waals surface area contributed by atoms with Crippen molar-refractivity contribution in [3.63, 3.8) is 0 Å². The maximum atomic E-state index is 12.9. The molecule has 4 rings (SSSR count). The number of nitrogens with zero attached hydrogens (tertiary/aromatic N) is 3. The molecule has 2 fully saturated rings. The number of amides is 1. The summed E-state index contributed by atoms with van der Waals surface area (Å²) in [5.41, 5.74) is 0.523. The van der Waals surface area contributed by atoms with Crippen molar-refractivity contribution in [1.82, 2.24) is 15.2 Å². The van der Waals surface area contributed by atoms with Gasteiger partial charge < -0.3 is 10.2 Å². The van der Waals surface area contributed by atoms with Crippen LogP contribution in [-0.4, -0.2) is 48.0 Å². The quantitative estimate of drug-likeness (QED) is 0.752. The molecular weight excluding hydrogens is 417 g/mol. The molecule has 2 aromatic rings. The number of hydrogen-bond acceptors (Lipinski definition) is 4. The van der Waals surface area contributed by atoms with Crippen LogP contribution in [0.1, 0.15) is 36.8 Å². The molecule has 1 aromatic carbocycles. The highest BCUT2D eigenvalue weighted by Crippen LogP contribution is 2.30. The van der Waals surface area contributed by atoms with Crippen LogP contribution in [0.3, 0.4) is 0 Å². The number of benzene rings is 1. The number of hydrogen-bond donors (Lipinski definition) is 1. The zero-order valence-corrected chi connectivity index (χ0v) is 18.0. The van der Waals surface area contributed by atoms with Crippen molar-refractivity contribution in [3.8, 4) is 0 Å². The average Bonchev–Trinajstić information content (AvgIpc) is 2.80. The average molecular weight is 447 g/mol. The molecule has 1 N–H and O–H groups in total. The fourth-order valence-electron chi connectivity index (χ4n) is 4.57. The van der Waals surface area contributed by atoms with E-state index in [4.69, 9.17) is 0 Å². The van der Waals surface area contributed by atoms with Gasteiger partial charge in [0.25, 0.3) is 0 Å². The van der Waals surface area contributed by atoms with Gasteiger partial charge in [-0.2, -0.15) is 13.2 Å². The maximum Gasteiger partial charge on any atom is 0.417 e. The Labute approximate surface area is 186 Å². The Bertz CT molecular complexity index is 880. The van der Waals surface area contributed by atoms with Gasteiger partial charge in [-0.3, -0.25) is 9.69 Å². The largest absolute Gasteiger partial charge is 0.417 e. The summed E-state index contributed by atoms with van der Waals surface area (Å²) in [5, 5.41) is 3.21. The number of rotatable bonds is 5. The first-order chi connectivity index (χ1) is 15.4. The van der Waals surface area contributed by atoms with E-state index in [0.717, 1.165) is 57.6 Å². The third-order valence-electron chi connectivity index (χ3n) is 6.37. The van der Waals surface area contributed by atoms with E-state index in [0.29, 0.717) is 18.9 Å². The van der Waals surface area contributed by atoms with Crippen molar-refractivity contribution in [2.45, 2.75) is 44.4 Å². The molecule has 32 heavy (non-hydrogen) atoms. The van der Waals surface area contributed by atoms with E-state index in [1.807, 2.05) is 23.1 Å². The Hall–Kier alpha value is -2.61. The summed E-state index contributed by atoms with van der Waals surface area (Å²) >= 11 is 0. The smallest absolute Gasteiger partial charge is 0.356 e. The molecule has 1 aromatic heterocycles. The molecular formula is C24H29F3N4O. The van der Waals surface area contributed by atoms with Gasteiger partial charge in [0.1, 0.15) is 5.82 Å². The summed E-state index contributed by atoms with van der Waals surface area (Å²) in [5.74, 6) is 0.669. The molecule has 2 aliphatic rings. The maximum absolute atomic E-state index is 12.9. The molecule has 1 atom stereocenters. The molecule has 0 saturated carbocycles. The summed E-state index contributed by atoms with van der Waals surface area (Å²) in [6, 6.07) is 12.9. The number of carbonyl (C=O) groups excluding carboxylic acids is 1. The lowest BCUT2D eigenvalue weighted by atomic mass is 9.95. The van der Waals surface area contributed by atoms with E-state index in [-0.39, 0.29) is 17.9 Å². The normalized spacial score (nSPS) is 20.8. The number of aromatic nitrogens is 1. The Kier molecular flexibility index (Phi) is 6.98. The predicted octanol–water partition coefficient (Wildman–Crippen LogP) is 4.10. The number of alkyl halides is 3. The van der Waals surface area contributed by atoms with Crippen LogP contribution in [0.5, 0.6) is 0 Å². The van der Waals surface area contributed by atoms with E-state index < -0.39 is 11.7 Å². The summed E-state index contributed by atoms with van der Waals surface area (Å²) in [7, 11) is 0. The zero-order chi connectivity index (χ0) is 22.6. The Morgan fingerprint density at radius 1 is 1.03 bits per heavy atom. The molecule has 172 valence electrons. The van der Waals surface area contributed by atoms with E-state index in [2.05, 4.69) is 27.3 Å². The first kappa shape index (κ1) is 22.6. The predicted molar refractivity (Wildman–Crippen MR) is 117 cm³/mol. The van der Waals surface area contributed by atoms with Gasteiger partial charge in [0.15, 0.2) is 0 Å². The lowest BCUT2D eigenvalue weighted by molar-refractivity contribution is -0.137. The second kappa shape index (κ2) is 9.90. The molecule has 0 radical (unpaired) electrons. The van der Waals surface area contributed by atoms with Gasteiger partial charge in [-0.1, -0.05) is 30.3 Å². The molecule has 0 aliphatic carbocycles. The number of piperidine rings is 2. The van der Waals surface area contributed by atoms with Crippen LogP contribution < -0.4 is 10.2 Å². The standard InChI is InChI=1S/C24H29F3N4O/c25-24(26,27)20-8-9-22(28-15-20)31-13-10-21(11-14-31)29-23(32)19-7-4-12-30(17-19)16-18-5-2-1-3-6-18/h1-3,5-6,8-9,15,19,21H,4,7,10-14,16-17H2,(H,29,32)/t19-/m0/s1. The highest BCUT2D eigenvalue weighted by molar-refractivity contribution is 5.79. The van der Waals surface area contributed by atoms with E-state index in [1.165, 1.54) is 11.6 Å².